The third kappa shape index (κ3) is 5.58. The zero-order valence-corrected chi connectivity index (χ0v) is 14.2. The minimum atomic E-state index is -0.324. The normalized spacial score (nSPS) is 10.2. The largest absolute Gasteiger partial charge is 0.497 e. The standard InChI is InChI=1S/C18H21N3O4/c1-24-11-3-9-20-18(23)16-12-13(8-10-19-16)17(22)21-14-4-6-15(25-2)7-5-14/h4-8,10,12H,3,9,11H2,1-2H3,(H,20,23)(H,21,22). The number of benzene rings is 1. The molecule has 0 aliphatic heterocycles. The van der Waals surface area contributed by atoms with Gasteiger partial charge in [-0.2, -0.15) is 0 Å². The molecule has 7 heteroatoms. The van der Waals surface area contributed by atoms with Crippen LogP contribution in [-0.4, -0.2) is 44.2 Å². The Bertz CT molecular complexity index is 717. The summed E-state index contributed by atoms with van der Waals surface area (Å²) in [6.45, 7) is 1.05. The van der Waals surface area contributed by atoms with Crippen molar-refractivity contribution in [2.75, 3.05) is 32.7 Å². The maximum Gasteiger partial charge on any atom is 0.269 e. The molecule has 0 fully saturated rings. The molecule has 2 amide bonds. The molecule has 2 N–H and O–H groups in total. The summed E-state index contributed by atoms with van der Waals surface area (Å²) in [5, 5.41) is 5.50. The van der Waals surface area contributed by atoms with Crippen molar-refractivity contribution in [3.8, 4) is 5.75 Å². The molecule has 1 aromatic heterocycles. The highest BCUT2D eigenvalue weighted by atomic mass is 16.5. The van der Waals surface area contributed by atoms with E-state index in [1.165, 1.54) is 12.3 Å². The zero-order valence-electron chi connectivity index (χ0n) is 14.2. The van der Waals surface area contributed by atoms with Gasteiger partial charge in [0.25, 0.3) is 11.8 Å². The van der Waals surface area contributed by atoms with Crippen molar-refractivity contribution < 1.29 is 19.1 Å². The van der Waals surface area contributed by atoms with Crippen molar-refractivity contribution in [3.05, 3.63) is 53.9 Å². The van der Waals surface area contributed by atoms with E-state index in [1.807, 2.05) is 0 Å². The molecule has 0 atom stereocenters. The van der Waals surface area contributed by atoms with Crippen LogP contribution in [0.3, 0.4) is 0 Å². The van der Waals surface area contributed by atoms with Crippen LogP contribution in [-0.2, 0) is 4.74 Å². The topological polar surface area (TPSA) is 89.5 Å². The summed E-state index contributed by atoms with van der Waals surface area (Å²) in [5.74, 6) is 0.0607. The number of pyridine rings is 1. The number of amides is 2. The van der Waals surface area contributed by atoms with E-state index in [0.717, 1.165) is 0 Å². The van der Waals surface area contributed by atoms with Gasteiger partial charge in [-0.3, -0.25) is 14.6 Å². The minimum absolute atomic E-state index is 0.194. The molecule has 0 saturated carbocycles. The van der Waals surface area contributed by atoms with Crippen molar-refractivity contribution >= 4 is 17.5 Å². The molecule has 2 rings (SSSR count). The lowest BCUT2D eigenvalue weighted by Crippen LogP contribution is -2.26. The first-order valence-corrected chi connectivity index (χ1v) is 7.82. The molecule has 1 aromatic carbocycles. The number of methoxy groups -OCH3 is 2. The summed E-state index contributed by atoms with van der Waals surface area (Å²) in [6, 6.07) is 10.00. The number of ether oxygens (including phenoxy) is 2. The molecule has 2 aromatic rings. The van der Waals surface area contributed by atoms with Crippen LogP contribution in [0.15, 0.2) is 42.6 Å². The number of nitrogens with zero attached hydrogens (tertiary/aromatic N) is 1. The highest BCUT2D eigenvalue weighted by Crippen LogP contribution is 2.16. The van der Waals surface area contributed by atoms with Gasteiger partial charge in [-0.05, 0) is 42.8 Å². The van der Waals surface area contributed by atoms with Crippen molar-refractivity contribution in [2.45, 2.75) is 6.42 Å². The van der Waals surface area contributed by atoms with Crippen LogP contribution in [0, 0.1) is 0 Å². The lowest BCUT2D eigenvalue weighted by molar-refractivity contribution is 0.0943. The lowest BCUT2D eigenvalue weighted by atomic mass is 10.2. The molecule has 132 valence electrons. The van der Waals surface area contributed by atoms with Gasteiger partial charge in [0.15, 0.2) is 0 Å². The Kier molecular flexibility index (Phi) is 6.91. The first-order chi connectivity index (χ1) is 12.1. The molecule has 0 radical (unpaired) electrons. The number of rotatable bonds is 8. The van der Waals surface area contributed by atoms with Crippen LogP contribution < -0.4 is 15.4 Å². The summed E-state index contributed by atoms with van der Waals surface area (Å²) in [4.78, 5) is 28.4. The Morgan fingerprint density at radius 2 is 1.84 bits per heavy atom. The third-order valence-corrected chi connectivity index (χ3v) is 3.41. The zero-order chi connectivity index (χ0) is 18.1. The molecule has 0 spiro atoms. The predicted molar refractivity (Wildman–Crippen MR) is 94.0 cm³/mol. The number of hydrogen-bond donors (Lipinski definition) is 2. The first-order valence-electron chi connectivity index (χ1n) is 7.82. The van der Waals surface area contributed by atoms with E-state index in [4.69, 9.17) is 9.47 Å². The fraction of sp³-hybridized carbons (Fsp3) is 0.278. The van der Waals surface area contributed by atoms with Crippen molar-refractivity contribution in [1.29, 1.82) is 0 Å². The van der Waals surface area contributed by atoms with Crippen LogP contribution in [0.4, 0.5) is 5.69 Å². The Balaban J connectivity index is 1.99. The Labute approximate surface area is 146 Å². The van der Waals surface area contributed by atoms with Gasteiger partial charge in [0, 0.05) is 37.7 Å². The van der Waals surface area contributed by atoms with Crippen molar-refractivity contribution in [1.82, 2.24) is 10.3 Å². The summed E-state index contributed by atoms with van der Waals surface area (Å²) in [5.41, 5.74) is 1.18. The molecule has 1 heterocycles. The second-order valence-corrected chi connectivity index (χ2v) is 5.21. The molecule has 25 heavy (non-hydrogen) atoms. The fourth-order valence-corrected chi connectivity index (χ4v) is 2.08. The Morgan fingerprint density at radius 1 is 1.08 bits per heavy atom. The average Bonchev–Trinajstić information content (AvgIpc) is 2.65. The average molecular weight is 343 g/mol. The van der Waals surface area contributed by atoms with E-state index in [-0.39, 0.29) is 17.5 Å². The SMILES string of the molecule is COCCCNC(=O)c1cc(C(=O)Nc2ccc(OC)cc2)ccn1. The Morgan fingerprint density at radius 3 is 2.52 bits per heavy atom. The lowest BCUT2D eigenvalue weighted by Gasteiger charge is -2.08. The quantitative estimate of drug-likeness (QED) is 0.717. The van der Waals surface area contributed by atoms with Gasteiger partial charge in [-0.1, -0.05) is 0 Å². The number of aromatic nitrogens is 1. The second kappa shape index (κ2) is 9.39. The van der Waals surface area contributed by atoms with Crippen LogP contribution in [0.5, 0.6) is 5.75 Å². The van der Waals surface area contributed by atoms with Gasteiger partial charge in [-0.15, -0.1) is 0 Å². The number of carbonyl (C=O) groups excluding carboxylic acids is 2. The Hall–Kier alpha value is -2.93. The van der Waals surface area contributed by atoms with Crippen molar-refractivity contribution in [2.24, 2.45) is 0 Å². The van der Waals surface area contributed by atoms with E-state index < -0.39 is 0 Å². The molecule has 0 aliphatic rings. The number of anilines is 1. The second-order valence-electron chi connectivity index (χ2n) is 5.21. The molecule has 0 saturated heterocycles. The minimum Gasteiger partial charge on any atom is -0.497 e. The van der Waals surface area contributed by atoms with Crippen molar-refractivity contribution in [3.63, 3.8) is 0 Å². The van der Waals surface area contributed by atoms with Crippen LogP contribution in [0.1, 0.15) is 27.3 Å². The molecule has 0 aliphatic carbocycles. The van der Waals surface area contributed by atoms with Gasteiger partial charge >= 0.3 is 0 Å². The first kappa shape index (κ1) is 18.4. The van der Waals surface area contributed by atoms with E-state index in [2.05, 4.69) is 15.6 Å². The van der Waals surface area contributed by atoms with Gasteiger partial charge in [0.05, 0.1) is 7.11 Å². The fourth-order valence-electron chi connectivity index (χ4n) is 2.08. The monoisotopic (exact) mass is 343 g/mol. The number of hydrogen-bond acceptors (Lipinski definition) is 5. The summed E-state index contributed by atoms with van der Waals surface area (Å²) < 4.78 is 10.00. The smallest absolute Gasteiger partial charge is 0.269 e. The molecule has 7 nitrogen and oxygen atoms in total. The molecular weight excluding hydrogens is 322 g/mol. The van der Waals surface area contributed by atoms with Gasteiger partial charge in [-0.25, -0.2) is 0 Å². The van der Waals surface area contributed by atoms with E-state index in [9.17, 15) is 9.59 Å². The van der Waals surface area contributed by atoms with E-state index in [0.29, 0.717) is 36.6 Å². The predicted octanol–water partition coefficient (Wildman–Crippen LogP) is 2.11. The maximum atomic E-state index is 12.3. The number of nitrogens with one attached hydrogen (secondary N) is 2. The van der Waals surface area contributed by atoms with E-state index >= 15 is 0 Å². The van der Waals surface area contributed by atoms with Crippen LogP contribution in [0.25, 0.3) is 0 Å². The van der Waals surface area contributed by atoms with Crippen LogP contribution >= 0.6 is 0 Å². The van der Waals surface area contributed by atoms with Gasteiger partial charge < -0.3 is 20.1 Å². The van der Waals surface area contributed by atoms with Gasteiger partial charge in [0.2, 0.25) is 0 Å². The molecule has 0 bridgehead atoms. The summed E-state index contributed by atoms with van der Waals surface area (Å²) in [6.07, 6.45) is 2.15. The molecular formula is C18H21N3O4. The number of carbonyl (C=O) groups is 2. The van der Waals surface area contributed by atoms with E-state index in [1.54, 1.807) is 44.6 Å². The highest BCUT2D eigenvalue weighted by Gasteiger charge is 2.12. The summed E-state index contributed by atoms with van der Waals surface area (Å²) in [7, 11) is 3.18. The third-order valence-electron chi connectivity index (χ3n) is 3.41. The highest BCUT2D eigenvalue weighted by molar-refractivity contribution is 6.05. The van der Waals surface area contributed by atoms with Crippen LogP contribution in [0.2, 0.25) is 0 Å². The van der Waals surface area contributed by atoms with Gasteiger partial charge in [0.1, 0.15) is 11.4 Å². The molecule has 0 unspecified atom stereocenters. The maximum absolute atomic E-state index is 12.3. The summed E-state index contributed by atoms with van der Waals surface area (Å²) >= 11 is 0.